The van der Waals surface area contributed by atoms with E-state index in [2.05, 4.69) is 78.9 Å². The van der Waals surface area contributed by atoms with Crippen LogP contribution in [0.1, 0.15) is 10.4 Å². The van der Waals surface area contributed by atoms with Gasteiger partial charge in [-0.2, -0.15) is 15.0 Å². The number of nitrogens with zero attached hydrogens (tertiary/aromatic N) is 17. The van der Waals surface area contributed by atoms with Gasteiger partial charge in [-0.25, -0.2) is 33.7 Å². The summed E-state index contributed by atoms with van der Waals surface area (Å²) in [5.74, 6) is -2.61. The Morgan fingerprint density at radius 1 is 0.597 bits per heavy atom. The van der Waals surface area contributed by atoms with Crippen molar-refractivity contribution in [3.63, 3.8) is 0 Å². The highest BCUT2D eigenvalue weighted by molar-refractivity contribution is 7.91. The van der Waals surface area contributed by atoms with Crippen molar-refractivity contribution in [3.05, 3.63) is 144 Å². The maximum Gasteiger partial charge on any atom is 0.266 e. The molecule has 67 heavy (non-hydrogen) atoms. The molecule has 0 aliphatic rings. The SMILES string of the molecule is [N-]=[N+]=NS(=O)(=O)c1ccc(Nc2nc(Cl)nc(Nc3ccc(S(=O)(=O)N=[N+]=[N-])c(N=Nc4c(S(=O)(=O)N=[N+]=[N-])cc5cc(S(=O)(=O)N=[N+]=[N-])cc(NC(=O)c6ccccc6)c5c4O)c3)n2)cc1. The summed E-state index contributed by atoms with van der Waals surface area (Å²) in [4.78, 5) is 31.3. The number of phenols is 1. The van der Waals surface area contributed by atoms with Crippen molar-refractivity contribution in [1.82, 2.24) is 15.0 Å². The Hall–Kier alpha value is -8.83. The Morgan fingerprint density at radius 3 is 1.73 bits per heavy atom. The van der Waals surface area contributed by atoms with Crippen LogP contribution in [0.3, 0.4) is 0 Å². The van der Waals surface area contributed by atoms with E-state index < -0.39 is 99.6 Å². The van der Waals surface area contributed by atoms with Crippen molar-refractivity contribution < 1.29 is 43.6 Å². The zero-order chi connectivity index (χ0) is 48.7. The molecule has 0 radical (unpaired) electrons. The minimum Gasteiger partial charge on any atom is -0.505 e. The Balaban J connectivity index is 1.50. The molecule has 30 nitrogen and oxygen atoms in total. The van der Waals surface area contributed by atoms with Crippen molar-refractivity contribution in [1.29, 1.82) is 0 Å². The molecule has 0 saturated carbocycles. The number of aromatic nitrogens is 3. The van der Waals surface area contributed by atoms with Gasteiger partial charge in [0.05, 0.1) is 15.5 Å². The molecule has 1 heterocycles. The summed E-state index contributed by atoms with van der Waals surface area (Å²) in [6.45, 7) is 0. The zero-order valence-corrected chi connectivity index (χ0v) is 36.4. The normalized spacial score (nSPS) is 11.6. The number of rotatable bonds is 16. The van der Waals surface area contributed by atoms with E-state index in [1.54, 1.807) is 6.07 Å². The average molecular weight is 1010 g/mol. The summed E-state index contributed by atoms with van der Waals surface area (Å²) in [5, 5.41) is 25.8. The molecule has 6 rings (SSSR count). The second-order valence-electron chi connectivity index (χ2n) is 12.5. The molecule has 5 aromatic carbocycles. The van der Waals surface area contributed by atoms with E-state index in [9.17, 15) is 43.6 Å². The number of azide groups is 4. The van der Waals surface area contributed by atoms with Gasteiger partial charge in [0, 0.05) is 60.0 Å². The van der Waals surface area contributed by atoms with Crippen LogP contribution in [0.4, 0.5) is 40.3 Å². The number of carbonyl (C=O) groups is 1. The van der Waals surface area contributed by atoms with Gasteiger partial charge in [0.15, 0.2) is 5.75 Å². The molecule has 0 atom stereocenters. The molecule has 0 saturated heterocycles. The quantitative estimate of drug-likeness (QED) is 0.0401. The van der Waals surface area contributed by atoms with Crippen LogP contribution in [-0.2, 0) is 40.1 Å². The highest BCUT2D eigenvalue weighted by Crippen LogP contribution is 2.46. The smallest absolute Gasteiger partial charge is 0.266 e. The molecular weight excluding hydrogens is 988 g/mol. The zero-order valence-electron chi connectivity index (χ0n) is 32.4. The fourth-order valence-corrected chi connectivity index (χ4v) is 8.78. The number of phenolic OH excluding ortho intramolecular Hbond substituents is 1. The van der Waals surface area contributed by atoms with Crippen LogP contribution in [-0.4, -0.2) is 59.6 Å². The second-order valence-corrected chi connectivity index (χ2v) is 19.1. The maximum absolute atomic E-state index is 13.4. The van der Waals surface area contributed by atoms with Crippen LogP contribution >= 0.6 is 11.6 Å². The van der Waals surface area contributed by atoms with Crippen molar-refractivity contribution >= 4 is 109 Å². The number of azo groups is 1. The predicted octanol–water partition coefficient (Wildman–Crippen LogP) is 8.53. The number of sulfonamides is 4. The van der Waals surface area contributed by atoms with Gasteiger partial charge < -0.3 is 21.1 Å². The van der Waals surface area contributed by atoms with Crippen molar-refractivity contribution in [2.24, 2.45) is 28.3 Å². The first-order chi connectivity index (χ1) is 31.7. The molecule has 4 N–H and O–H groups in total. The van der Waals surface area contributed by atoms with Crippen LogP contribution < -0.4 is 16.0 Å². The monoisotopic (exact) mass is 1010 g/mol. The minimum atomic E-state index is -5.24. The Labute approximate surface area is 378 Å². The van der Waals surface area contributed by atoms with Crippen LogP contribution in [0, 0.1) is 0 Å². The molecule has 0 aliphatic heterocycles. The third-order valence-corrected chi connectivity index (χ3v) is 13.1. The molecule has 1 aromatic heterocycles. The van der Waals surface area contributed by atoms with Gasteiger partial charge in [0.2, 0.25) is 17.2 Å². The molecular formula is C32H19ClN20O10S4. The largest absolute Gasteiger partial charge is 0.505 e. The Kier molecular flexibility index (Phi) is 13.6. The number of benzene rings is 5. The molecule has 0 aliphatic carbocycles. The second kappa shape index (κ2) is 19.1. The average Bonchev–Trinajstić information content (AvgIpc) is 3.26. The fourth-order valence-electron chi connectivity index (χ4n) is 5.58. The number of carbonyl (C=O) groups excluding carboxylic acids is 1. The lowest BCUT2D eigenvalue weighted by molar-refractivity contribution is 0.102. The van der Waals surface area contributed by atoms with E-state index in [1.165, 1.54) is 36.4 Å². The summed E-state index contributed by atoms with van der Waals surface area (Å²) in [6, 6.07) is 17.1. The van der Waals surface area contributed by atoms with Crippen LogP contribution in [0.15, 0.2) is 139 Å². The van der Waals surface area contributed by atoms with E-state index >= 15 is 0 Å². The van der Waals surface area contributed by atoms with Crippen molar-refractivity contribution in [3.8, 4) is 5.75 Å². The molecule has 0 fully saturated rings. The minimum absolute atomic E-state index is 0.0179. The number of aromatic hydroxyl groups is 1. The molecule has 6 aromatic rings. The summed E-state index contributed by atoms with van der Waals surface area (Å²) in [6.07, 6.45) is 0. The van der Waals surface area contributed by atoms with Gasteiger partial charge in [-0.05, 0) is 112 Å². The number of nitrogens with one attached hydrogen (secondary N) is 3. The third kappa shape index (κ3) is 10.8. The van der Waals surface area contributed by atoms with Crippen LogP contribution in [0.5, 0.6) is 5.75 Å². The first-order valence-corrected chi connectivity index (χ1v) is 23.4. The summed E-state index contributed by atoms with van der Waals surface area (Å²) >= 11 is 6.11. The van der Waals surface area contributed by atoms with Gasteiger partial charge in [0.1, 0.15) is 21.2 Å². The highest BCUT2D eigenvalue weighted by Gasteiger charge is 2.28. The molecule has 1 amide bonds. The molecule has 0 bridgehead atoms. The van der Waals surface area contributed by atoms with Gasteiger partial charge in [-0.15, -0.1) is 10.2 Å². The first-order valence-electron chi connectivity index (χ1n) is 17.3. The summed E-state index contributed by atoms with van der Waals surface area (Å²) < 4.78 is 114. The number of hydrogen-bond acceptors (Lipinski definition) is 17. The van der Waals surface area contributed by atoms with Crippen LogP contribution in [0.25, 0.3) is 52.5 Å². The van der Waals surface area contributed by atoms with Crippen LogP contribution in [0.2, 0.25) is 5.28 Å². The molecule has 338 valence electrons. The number of fused-ring (bicyclic) bond motifs is 1. The van der Waals surface area contributed by atoms with Gasteiger partial charge in [-0.3, -0.25) is 4.79 Å². The lowest BCUT2D eigenvalue weighted by atomic mass is 10.1. The van der Waals surface area contributed by atoms with Crippen molar-refractivity contribution in [2.45, 2.75) is 19.6 Å². The summed E-state index contributed by atoms with van der Waals surface area (Å²) in [7, 11) is -19.4. The Morgan fingerprint density at radius 2 is 1.13 bits per heavy atom. The maximum atomic E-state index is 13.4. The molecule has 35 heteroatoms. The standard InChI is InChI=1S/C32H19ClN20O10S4/c33-30-41-31(38-18-6-9-20(10-7-18)64(56,57)50-46-34)43-32(42-30)39-19-8-11-24(66(60,61)52-48-36)22(14-19)44-45-27-25(67(62,63)53-49-37)13-17-12-21(65(58,59)51-47-35)15-23(26(17)28(27)54)40-29(55)16-4-2-1-3-5-16/h1-15,54H,(H,40,55)(H2,38,39,41,42,43). The van der Waals surface area contributed by atoms with Gasteiger partial charge >= 0.3 is 0 Å². The number of hydrogen-bond donors (Lipinski definition) is 4. The summed E-state index contributed by atoms with van der Waals surface area (Å²) in [5.41, 5.74) is 33.3. The lowest BCUT2D eigenvalue weighted by Crippen LogP contribution is -2.13. The third-order valence-electron chi connectivity index (χ3n) is 8.33. The van der Waals surface area contributed by atoms with Gasteiger partial charge in [-0.1, -0.05) is 18.2 Å². The van der Waals surface area contributed by atoms with E-state index in [0.29, 0.717) is 6.07 Å². The lowest BCUT2D eigenvalue weighted by Gasteiger charge is -2.15. The van der Waals surface area contributed by atoms with E-state index in [-0.39, 0.29) is 33.7 Å². The highest BCUT2D eigenvalue weighted by atomic mass is 35.5. The molecule has 0 unspecified atom stereocenters. The number of anilines is 5. The van der Waals surface area contributed by atoms with E-state index in [0.717, 1.165) is 42.5 Å². The topological polar surface area (TPSA) is 468 Å². The van der Waals surface area contributed by atoms with E-state index in [1.807, 2.05) is 0 Å². The van der Waals surface area contributed by atoms with Gasteiger partial charge in [0.25, 0.3) is 46.0 Å². The van der Waals surface area contributed by atoms with Crippen molar-refractivity contribution in [2.75, 3.05) is 16.0 Å². The molecule has 0 spiro atoms. The predicted molar refractivity (Wildman–Crippen MR) is 234 cm³/mol. The first kappa shape index (κ1) is 47.6. The van der Waals surface area contributed by atoms with E-state index in [4.69, 9.17) is 33.7 Å². The number of amides is 1. The fraction of sp³-hybridized carbons (Fsp3) is 0. The Bertz CT molecular complexity index is 3750. The number of halogens is 1.